The molecule has 0 saturated heterocycles. The zero-order valence-corrected chi connectivity index (χ0v) is 10.4. The molecule has 2 aromatic rings. The fraction of sp³-hybridized carbons (Fsp3) is 0.214. The van der Waals surface area contributed by atoms with Gasteiger partial charge in [0.25, 0.3) is 0 Å². The molecule has 0 N–H and O–H groups in total. The molecule has 1 aromatic heterocycles. The molecule has 1 aromatic carbocycles. The Kier molecular flexibility index (Phi) is 4.44. The Labute approximate surface area is 111 Å². The van der Waals surface area contributed by atoms with E-state index >= 15 is 0 Å². The first-order valence-corrected chi connectivity index (χ1v) is 6.03. The Balaban J connectivity index is 1.85. The molecule has 0 fully saturated rings. The zero-order valence-electron chi connectivity index (χ0n) is 10.4. The molecule has 0 unspecified atom stereocenters. The van der Waals surface area contributed by atoms with Crippen LogP contribution in [0.1, 0.15) is 12.0 Å². The van der Waals surface area contributed by atoms with E-state index in [4.69, 9.17) is 4.74 Å². The highest BCUT2D eigenvalue weighted by Crippen LogP contribution is 2.22. The molecule has 1 heterocycles. The molecule has 0 aliphatic rings. The van der Waals surface area contributed by atoms with Crippen molar-refractivity contribution in [2.75, 3.05) is 6.61 Å². The van der Waals surface area contributed by atoms with Crippen molar-refractivity contribution in [2.45, 2.75) is 12.8 Å². The summed E-state index contributed by atoms with van der Waals surface area (Å²) in [6.45, 7) is 0.432. The molecule has 0 radical (unpaired) electrons. The topological polar surface area (TPSA) is 65.3 Å². The van der Waals surface area contributed by atoms with Gasteiger partial charge in [0.1, 0.15) is 6.20 Å². The van der Waals surface area contributed by atoms with Crippen LogP contribution in [-0.4, -0.2) is 16.5 Å². The molecular weight excluding hydrogens is 244 g/mol. The Morgan fingerprint density at radius 3 is 2.68 bits per heavy atom. The van der Waals surface area contributed by atoms with E-state index < -0.39 is 4.92 Å². The second-order valence-electron chi connectivity index (χ2n) is 4.02. The predicted molar refractivity (Wildman–Crippen MR) is 71.1 cm³/mol. The molecule has 0 aliphatic heterocycles. The molecule has 5 heteroatoms. The number of ether oxygens (including phenoxy) is 1. The summed E-state index contributed by atoms with van der Waals surface area (Å²) >= 11 is 0. The molecule has 0 bridgehead atoms. The summed E-state index contributed by atoms with van der Waals surface area (Å²) in [4.78, 5) is 13.9. The maximum Gasteiger partial charge on any atom is 0.406 e. The normalized spacial score (nSPS) is 10.1. The standard InChI is InChI=1S/C14H14N2O3/c17-16(18)14-13(9-4-10-15-14)19-11-5-8-12-6-2-1-3-7-12/h1-4,6-7,9-10H,5,8,11H2. The van der Waals surface area contributed by atoms with Gasteiger partial charge in [-0.05, 0) is 40.4 Å². The van der Waals surface area contributed by atoms with E-state index in [0.29, 0.717) is 6.61 Å². The van der Waals surface area contributed by atoms with Gasteiger partial charge in [0.05, 0.1) is 6.61 Å². The second-order valence-corrected chi connectivity index (χ2v) is 4.02. The van der Waals surface area contributed by atoms with Gasteiger partial charge in [0, 0.05) is 0 Å². The largest absolute Gasteiger partial charge is 0.486 e. The summed E-state index contributed by atoms with van der Waals surface area (Å²) in [6.07, 6.45) is 3.07. The van der Waals surface area contributed by atoms with Gasteiger partial charge >= 0.3 is 5.82 Å². The lowest BCUT2D eigenvalue weighted by atomic mass is 10.1. The average molecular weight is 258 g/mol. The lowest BCUT2D eigenvalue weighted by Crippen LogP contribution is -2.03. The van der Waals surface area contributed by atoms with Gasteiger partial charge in [-0.3, -0.25) is 0 Å². The van der Waals surface area contributed by atoms with Crippen molar-refractivity contribution in [3.05, 3.63) is 64.3 Å². The number of nitro groups is 1. The van der Waals surface area contributed by atoms with Crippen LogP contribution < -0.4 is 4.74 Å². The van der Waals surface area contributed by atoms with Crippen molar-refractivity contribution < 1.29 is 9.66 Å². The lowest BCUT2D eigenvalue weighted by molar-refractivity contribution is -0.390. The average Bonchev–Trinajstić information content (AvgIpc) is 2.45. The van der Waals surface area contributed by atoms with Crippen LogP contribution >= 0.6 is 0 Å². The molecule has 0 saturated carbocycles. The van der Waals surface area contributed by atoms with Crippen molar-refractivity contribution in [1.82, 2.24) is 4.98 Å². The number of aromatic nitrogens is 1. The Morgan fingerprint density at radius 1 is 1.16 bits per heavy atom. The van der Waals surface area contributed by atoms with E-state index in [0.717, 1.165) is 12.8 Å². The summed E-state index contributed by atoms with van der Waals surface area (Å²) in [7, 11) is 0. The second kappa shape index (κ2) is 6.49. The third-order valence-electron chi connectivity index (χ3n) is 2.63. The number of pyridine rings is 1. The Hall–Kier alpha value is -2.43. The monoisotopic (exact) mass is 258 g/mol. The van der Waals surface area contributed by atoms with Gasteiger partial charge in [-0.15, -0.1) is 0 Å². The van der Waals surface area contributed by atoms with Gasteiger partial charge in [-0.1, -0.05) is 30.3 Å². The number of benzene rings is 1. The van der Waals surface area contributed by atoms with Crippen LogP contribution in [0.2, 0.25) is 0 Å². The lowest BCUT2D eigenvalue weighted by Gasteiger charge is -2.06. The van der Waals surface area contributed by atoms with Crippen molar-refractivity contribution in [1.29, 1.82) is 0 Å². The molecule has 0 atom stereocenters. The van der Waals surface area contributed by atoms with Crippen molar-refractivity contribution >= 4 is 5.82 Å². The first kappa shape index (κ1) is 13.0. The summed E-state index contributed by atoms with van der Waals surface area (Å²) in [5, 5.41) is 10.7. The summed E-state index contributed by atoms with van der Waals surface area (Å²) in [5.41, 5.74) is 1.23. The first-order chi connectivity index (χ1) is 9.27. The molecule has 0 amide bonds. The van der Waals surface area contributed by atoms with Crippen LogP contribution in [0.5, 0.6) is 5.75 Å². The van der Waals surface area contributed by atoms with Gasteiger partial charge in [-0.2, -0.15) is 0 Å². The van der Waals surface area contributed by atoms with Crippen molar-refractivity contribution in [3.8, 4) is 5.75 Å². The van der Waals surface area contributed by atoms with E-state index in [9.17, 15) is 10.1 Å². The minimum absolute atomic E-state index is 0.223. The van der Waals surface area contributed by atoms with Crippen LogP contribution in [-0.2, 0) is 6.42 Å². The zero-order chi connectivity index (χ0) is 13.5. The third kappa shape index (κ3) is 3.77. The highest BCUT2D eigenvalue weighted by atomic mass is 16.6. The summed E-state index contributed by atoms with van der Waals surface area (Å²) in [5.74, 6) is -0.0113. The summed E-state index contributed by atoms with van der Waals surface area (Å²) < 4.78 is 5.42. The van der Waals surface area contributed by atoms with E-state index in [1.807, 2.05) is 30.3 Å². The van der Waals surface area contributed by atoms with Gasteiger partial charge in [-0.25, -0.2) is 0 Å². The van der Waals surface area contributed by atoms with Crippen molar-refractivity contribution in [2.24, 2.45) is 0 Å². The van der Waals surface area contributed by atoms with Crippen LogP contribution in [0.25, 0.3) is 0 Å². The molecule has 2 rings (SSSR count). The van der Waals surface area contributed by atoms with E-state index in [2.05, 4.69) is 4.98 Å². The number of aryl methyl sites for hydroxylation is 1. The van der Waals surface area contributed by atoms with Crippen LogP contribution in [0, 0.1) is 10.1 Å². The maximum atomic E-state index is 10.7. The third-order valence-corrected chi connectivity index (χ3v) is 2.63. The summed E-state index contributed by atoms with van der Waals surface area (Å²) in [6, 6.07) is 13.2. The number of hydrogen-bond donors (Lipinski definition) is 0. The van der Waals surface area contributed by atoms with Gasteiger partial charge in [0.15, 0.2) is 0 Å². The van der Waals surface area contributed by atoms with E-state index in [-0.39, 0.29) is 11.6 Å². The Bertz CT molecular complexity index is 543. The number of nitrogens with zero attached hydrogens (tertiary/aromatic N) is 2. The minimum Gasteiger partial charge on any atom is -0.486 e. The number of hydrogen-bond acceptors (Lipinski definition) is 4. The Morgan fingerprint density at radius 2 is 1.95 bits per heavy atom. The maximum absolute atomic E-state index is 10.7. The highest BCUT2D eigenvalue weighted by molar-refractivity contribution is 5.38. The molecular formula is C14H14N2O3. The first-order valence-electron chi connectivity index (χ1n) is 6.03. The van der Waals surface area contributed by atoms with Crippen LogP contribution in [0.3, 0.4) is 0 Å². The molecule has 98 valence electrons. The fourth-order valence-corrected chi connectivity index (χ4v) is 1.74. The van der Waals surface area contributed by atoms with Crippen LogP contribution in [0.15, 0.2) is 48.7 Å². The SMILES string of the molecule is O=[N+]([O-])c1ncccc1OCCCc1ccccc1. The molecule has 5 nitrogen and oxygen atoms in total. The van der Waals surface area contributed by atoms with E-state index in [1.54, 1.807) is 12.1 Å². The van der Waals surface area contributed by atoms with Crippen molar-refractivity contribution in [3.63, 3.8) is 0 Å². The molecule has 19 heavy (non-hydrogen) atoms. The smallest absolute Gasteiger partial charge is 0.406 e. The van der Waals surface area contributed by atoms with Crippen LogP contribution in [0.4, 0.5) is 5.82 Å². The highest BCUT2D eigenvalue weighted by Gasteiger charge is 2.14. The molecule has 0 aliphatic carbocycles. The minimum atomic E-state index is -0.535. The number of rotatable bonds is 6. The van der Waals surface area contributed by atoms with E-state index in [1.165, 1.54) is 11.8 Å². The van der Waals surface area contributed by atoms with Gasteiger partial charge in [0.2, 0.25) is 5.75 Å². The molecule has 0 spiro atoms. The quantitative estimate of drug-likeness (QED) is 0.454. The van der Waals surface area contributed by atoms with Gasteiger partial charge < -0.3 is 14.9 Å². The fourth-order valence-electron chi connectivity index (χ4n) is 1.74. The predicted octanol–water partition coefficient (Wildman–Crippen LogP) is 3.00.